The zero-order valence-electron chi connectivity index (χ0n) is 21.5. The average molecular weight is 531 g/mol. The van der Waals surface area contributed by atoms with Gasteiger partial charge in [0.05, 0.1) is 50.8 Å². The largest absolute Gasteiger partial charge is 0.382 e. The van der Waals surface area contributed by atoms with Gasteiger partial charge in [-0.15, -0.1) is 0 Å². The lowest BCUT2D eigenvalue weighted by molar-refractivity contribution is -0.136. The Morgan fingerprint density at radius 2 is 1.74 bits per heavy atom. The third-order valence-electron chi connectivity index (χ3n) is 6.02. The van der Waals surface area contributed by atoms with Crippen LogP contribution in [0.3, 0.4) is 0 Å². The molecule has 2 heterocycles. The van der Waals surface area contributed by atoms with E-state index in [0.29, 0.717) is 58.4 Å². The Morgan fingerprint density at radius 1 is 1.03 bits per heavy atom. The van der Waals surface area contributed by atoms with Gasteiger partial charge in [0.15, 0.2) is 0 Å². The van der Waals surface area contributed by atoms with Crippen molar-refractivity contribution in [1.29, 1.82) is 0 Å². The molecule has 0 bridgehead atoms. The van der Waals surface area contributed by atoms with Crippen molar-refractivity contribution in [2.45, 2.75) is 18.9 Å². The molecule has 1 fully saturated rings. The van der Waals surface area contributed by atoms with Gasteiger partial charge in [0.25, 0.3) is 11.8 Å². The molecule has 1 aromatic carbocycles. The van der Waals surface area contributed by atoms with Crippen molar-refractivity contribution >= 4 is 35.6 Å². The number of fused-ring (bicyclic) bond motifs is 1. The molecule has 0 aliphatic carbocycles. The Kier molecular flexibility index (Phi) is 11.6. The van der Waals surface area contributed by atoms with Gasteiger partial charge in [-0.05, 0) is 31.7 Å². The van der Waals surface area contributed by atoms with Crippen LogP contribution in [0.4, 0.5) is 5.69 Å². The molecule has 0 aromatic heterocycles. The molecule has 4 amide bonds. The zero-order valence-corrected chi connectivity index (χ0v) is 21.5. The molecule has 2 aliphatic rings. The van der Waals surface area contributed by atoms with E-state index in [0.717, 1.165) is 17.7 Å². The maximum atomic E-state index is 13.1. The van der Waals surface area contributed by atoms with Crippen LogP contribution in [0.15, 0.2) is 30.4 Å². The Hall–Kier alpha value is -3.45. The highest BCUT2D eigenvalue weighted by Gasteiger charge is 2.45. The quantitative estimate of drug-likeness (QED) is 0.124. The molecule has 1 saturated heterocycles. The first-order valence-corrected chi connectivity index (χ1v) is 12.5. The van der Waals surface area contributed by atoms with Crippen LogP contribution in [-0.2, 0) is 28.6 Å². The smallest absolute Gasteiger partial charge is 0.264 e. The van der Waals surface area contributed by atoms with Gasteiger partial charge in [0.1, 0.15) is 12.3 Å². The van der Waals surface area contributed by atoms with Crippen LogP contribution in [0, 0.1) is 0 Å². The van der Waals surface area contributed by atoms with E-state index in [1.54, 1.807) is 24.3 Å². The van der Waals surface area contributed by atoms with Crippen LogP contribution in [0.5, 0.6) is 0 Å². The first-order valence-electron chi connectivity index (χ1n) is 12.5. The van der Waals surface area contributed by atoms with Crippen molar-refractivity contribution in [3.05, 3.63) is 41.5 Å². The molecule has 38 heavy (non-hydrogen) atoms. The minimum atomic E-state index is -1.00. The fraction of sp³-hybridized carbons (Fsp3) is 0.500. The van der Waals surface area contributed by atoms with Crippen LogP contribution < -0.4 is 10.6 Å². The van der Waals surface area contributed by atoms with Crippen molar-refractivity contribution in [3.8, 4) is 0 Å². The molecule has 1 unspecified atom stereocenters. The number of nitrogens with one attached hydrogen (secondary N) is 2. The van der Waals surface area contributed by atoms with Gasteiger partial charge in [-0.2, -0.15) is 0 Å². The second kappa shape index (κ2) is 15.1. The third-order valence-corrected chi connectivity index (χ3v) is 6.02. The molecule has 1 atom stereocenters. The summed E-state index contributed by atoms with van der Waals surface area (Å²) in [5, 5.41) is 5.31. The Balaban J connectivity index is 1.30. The molecule has 0 spiro atoms. The molecule has 1 aromatic rings. The molecule has 206 valence electrons. The number of piperidine rings is 1. The number of hydrogen-bond acceptors (Lipinski definition) is 10. The molecule has 12 heteroatoms. The molecular formula is C26H34N4O8. The zero-order chi connectivity index (χ0) is 27.3. The monoisotopic (exact) mass is 530 g/mol. The van der Waals surface area contributed by atoms with E-state index in [4.69, 9.17) is 14.2 Å². The summed E-state index contributed by atoms with van der Waals surface area (Å²) in [4.78, 5) is 62.8. The summed E-state index contributed by atoms with van der Waals surface area (Å²) in [5.41, 5.74) is 0.926. The van der Waals surface area contributed by atoms with Crippen molar-refractivity contribution in [2.24, 2.45) is 0 Å². The topological polar surface area (TPSA) is 144 Å². The average Bonchev–Trinajstić information content (AvgIpc) is 3.15. The van der Waals surface area contributed by atoms with Gasteiger partial charge < -0.3 is 24.4 Å². The summed E-state index contributed by atoms with van der Waals surface area (Å²) in [5.74, 6) is -2.15. The minimum Gasteiger partial charge on any atom is -0.382 e. The van der Waals surface area contributed by atoms with Gasteiger partial charge in [-0.3, -0.25) is 34.2 Å². The first kappa shape index (κ1) is 29.1. The standard InChI is InChI=1S/C26H34N4O8/c1-29(10-2-3-12-31)11-14-37-16-18-38-17-15-36-13-9-27-20-6-4-5-19-23(20)26(35)30(25(19)34)21-7-8-22(32)28-24(21)33/h2-6,12,21,27H,7-11,13-18H2,1H3,(H,28,32,33)/b3-2+. The minimum absolute atomic E-state index is 0.0723. The van der Waals surface area contributed by atoms with Crippen LogP contribution >= 0.6 is 0 Å². The van der Waals surface area contributed by atoms with Gasteiger partial charge in [0, 0.05) is 31.7 Å². The highest BCUT2D eigenvalue weighted by Crippen LogP contribution is 2.32. The van der Waals surface area contributed by atoms with Crippen molar-refractivity contribution < 1.29 is 38.2 Å². The van der Waals surface area contributed by atoms with E-state index < -0.39 is 29.7 Å². The lowest BCUT2D eigenvalue weighted by atomic mass is 10.0. The second-order valence-corrected chi connectivity index (χ2v) is 8.77. The number of benzene rings is 1. The number of likely N-dealkylation sites (N-methyl/N-ethyl adjacent to an activating group) is 1. The van der Waals surface area contributed by atoms with Crippen LogP contribution in [0.1, 0.15) is 33.6 Å². The maximum Gasteiger partial charge on any atom is 0.264 e. The Bertz CT molecular complexity index is 1040. The van der Waals surface area contributed by atoms with E-state index in [9.17, 15) is 24.0 Å². The highest BCUT2D eigenvalue weighted by atomic mass is 16.5. The van der Waals surface area contributed by atoms with Gasteiger partial charge >= 0.3 is 0 Å². The number of anilines is 1. The highest BCUT2D eigenvalue weighted by molar-refractivity contribution is 6.25. The van der Waals surface area contributed by atoms with Crippen molar-refractivity contribution in [2.75, 3.05) is 71.6 Å². The number of nitrogens with zero attached hydrogens (tertiary/aromatic N) is 2. The number of hydrogen-bond donors (Lipinski definition) is 2. The van der Waals surface area contributed by atoms with Crippen LogP contribution in [0.2, 0.25) is 0 Å². The molecule has 2 N–H and O–H groups in total. The van der Waals surface area contributed by atoms with Crippen molar-refractivity contribution in [1.82, 2.24) is 15.1 Å². The number of rotatable bonds is 17. The first-order chi connectivity index (χ1) is 18.4. The van der Waals surface area contributed by atoms with Crippen LogP contribution in [-0.4, -0.2) is 112 Å². The second-order valence-electron chi connectivity index (χ2n) is 8.77. The summed E-state index contributed by atoms with van der Waals surface area (Å²) >= 11 is 0. The number of aldehydes is 1. The normalized spacial score (nSPS) is 17.4. The fourth-order valence-corrected chi connectivity index (χ4v) is 4.07. The van der Waals surface area contributed by atoms with Gasteiger partial charge in [-0.1, -0.05) is 12.1 Å². The molecule has 0 saturated carbocycles. The van der Waals surface area contributed by atoms with E-state index in [-0.39, 0.29) is 24.0 Å². The summed E-state index contributed by atoms with van der Waals surface area (Å²) < 4.78 is 16.5. The number of carbonyl (C=O) groups excluding carboxylic acids is 5. The molecule has 0 radical (unpaired) electrons. The lowest BCUT2D eigenvalue weighted by Gasteiger charge is -2.27. The van der Waals surface area contributed by atoms with Crippen molar-refractivity contribution in [3.63, 3.8) is 0 Å². The number of ether oxygens (including phenoxy) is 3. The van der Waals surface area contributed by atoms with Crippen LogP contribution in [0.25, 0.3) is 0 Å². The predicted octanol–water partition coefficient (Wildman–Crippen LogP) is 0.236. The number of amides is 4. The maximum absolute atomic E-state index is 13.1. The number of allylic oxidation sites excluding steroid dienone is 1. The molecule has 3 rings (SSSR count). The number of imide groups is 2. The Morgan fingerprint density at radius 3 is 2.45 bits per heavy atom. The van der Waals surface area contributed by atoms with Gasteiger partial charge in [0.2, 0.25) is 11.8 Å². The summed E-state index contributed by atoms with van der Waals surface area (Å²) in [6.07, 6.45) is 4.19. The number of carbonyl (C=O) groups is 5. The molecule has 12 nitrogen and oxygen atoms in total. The molecular weight excluding hydrogens is 496 g/mol. The molecule has 2 aliphatic heterocycles. The summed E-state index contributed by atoms with van der Waals surface area (Å²) in [6.45, 7) is 4.48. The SMILES string of the molecule is CN(C/C=C/C=O)CCOCCOCCOCCNc1cccc2c1C(=O)N(C1CCC(=O)NC1=O)C2=O. The van der Waals surface area contributed by atoms with E-state index >= 15 is 0 Å². The van der Waals surface area contributed by atoms with E-state index in [2.05, 4.69) is 10.6 Å². The summed E-state index contributed by atoms with van der Waals surface area (Å²) in [7, 11) is 1.94. The predicted molar refractivity (Wildman–Crippen MR) is 137 cm³/mol. The van der Waals surface area contributed by atoms with Gasteiger partial charge in [-0.25, -0.2) is 0 Å². The Labute approximate surface area is 221 Å². The van der Waals surface area contributed by atoms with E-state index in [1.165, 1.54) is 6.08 Å². The van der Waals surface area contributed by atoms with E-state index in [1.807, 2.05) is 11.9 Å². The lowest BCUT2D eigenvalue weighted by Crippen LogP contribution is -2.54. The third kappa shape index (κ3) is 8.02. The fourth-order valence-electron chi connectivity index (χ4n) is 4.07. The summed E-state index contributed by atoms with van der Waals surface area (Å²) in [6, 6.07) is 3.91.